The second-order valence-electron chi connectivity index (χ2n) is 5.21. The van der Waals surface area contributed by atoms with Crippen LogP contribution in [0.5, 0.6) is 0 Å². The van der Waals surface area contributed by atoms with Gasteiger partial charge in [0, 0.05) is 25.0 Å². The van der Waals surface area contributed by atoms with E-state index in [9.17, 15) is 18.0 Å². The van der Waals surface area contributed by atoms with E-state index in [1.54, 1.807) is 26.8 Å². The average molecular weight is 302 g/mol. The first-order valence-corrected chi connectivity index (χ1v) is 6.90. The average Bonchev–Trinajstić information content (AvgIpc) is 2.42. The molecule has 0 aliphatic heterocycles. The van der Waals surface area contributed by atoms with Gasteiger partial charge in [-0.25, -0.2) is 0 Å². The number of halogens is 3. The van der Waals surface area contributed by atoms with Crippen LogP contribution in [0.25, 0.3) is 0 Å². The molecule has 6 heteroatoms. The summed E-state index contributed by atoms with van der Waals surface area (Å²) in [4.78, 5) is 11.4. The van der Waals surface area contributed by atoms with Gasteiger partial charge < -0.3 is 10.6 Å². The maximum atomic E-state index is 12.9. The van der Waals surface area contributed by atoms with Crippen LogP contribution in [0.3, 0.4) is 0 Å². The van der Waals surface area contributed by atoms with Crippen LogP contribution in [0.15, 0.2) is 24.3 Å². The van der Waals surface area contributed by atoms with Crippen molar-refractivity contribution >= 4 is 5.91 Å². The highest BCUT2D eigenvalue weighted by atomic mass is 19.4. The van der Waals surface area contributed by atoms with Gasteiger partial charge in [-0.3, -0.25) is 4.79 Å². The lowest BCUT2D eigenvalue weighted by Crippen LogP contribution is -2.35. The van der Waals surface area contributed by atoms with Gasteiger partial charge in [0.25, 0.3) is 0 Å². The largest absolute Gasteiger partial charge is 0.416 e. The highest BCUT2D eigenvalue weighted by molar-refractivity contribution is 5.77. The molecule has 0 aliphatic carbocycles. The van der Waals surface area contributed by atoms with Crippen LogP contribution >= 0.6 is 0 Å². The van der Waals surface area contributed by atoms with Crippen molar-refractivity contribution in [2.24, 2.45) is 5.92 Å². The van der Waals surface area contributed by atoms with Crippen molar-refractivity contribution < 1.29 is 18.0 Å². The summed E-state index contributed by atoms with van der Waals surface area (Å²) < 4.78 is 38.7. The van der Waals surface area contributed by atoms with Crippen molar-refractivity contribution in [1.82, 2.24) is 10.6 Å². The summed E-state index contributed by atoms with van der Waals surface area (Å²) in [7, 11) is 0. The van der Waals surface area contributed by atoms with Crippen LogP contribution < -0.4 is 10.6 Å². The van der Waals surface area contributed by atoms with Gasteiger partial charge in [0.1, 0.15) is 0 Å². The molecule has 0 saturated carbocycles. The normalized spacial score (nSPS) is 13.3. The number of benzene rings is 1. The number of hydrogen-bond acceptors (Lipinski definition) is 2. The lowest BCUT2D eigenvalue weighted by molar-refractivity contribution is -0.138. The molecule has 1 aromatic rings. The minimum absolute atomic E-state index is 0.0693. The van der Waals surface area contributed by atoms with Gasteiger partial charge in [-0.2, -0.15) is 13.2 Å². The number of alkyl halides is 3. The van der Waals surface area contributed by atoms with Gasteiger partial charge in [0.05, 0.1) is 5.56 Å². The summed E-state index contributed by atoms with van der Waals surface area (Å²) in [5.41, 5.74) is -0.420. The topological polar surface area (TPSA) is 41.1 Å². The fourth-order valence-corrected chi connectivity index (χ4v) is 1.92. The molecule has 0 saturated heterocycles. The molecular formula is C15H21F3N2O. The number of rotatable bonds is 6. The van der Waals surface area contributed by atoms with Crippen LogP contribution in [0.1, 0.15) is 37.9 Å². The molecule has 0 aromatic heterocycles. The SMILES string of the molecule is CC(C)C(=O)NCCNC(C)c1ccccc1C(F)(F)F. The van der Waals surface area contributed by atoms with E-state index in [0.717, 1.165) is 6.07 Å². The van der Waals surface area contributed by atoms with E-state index >= 15 is 0 Å². The summed E-state index contributed by atoms with van der Waals surface area (Å²) in [6.45, 7) is 6.03. The van der Waals surface area contributed by atoms with Gasteiger partial charge >= 0.3 is 6.18 Å². The third kappa shape index (κ3) is 5.38. The number of carbonyl (C=O) groups is 1. The second-order valence-corrected chi connectivity index (χ2v) is 5.21. The quantitative estimate of drug-likeness (QED) is 0.793. The second kappa shape index (κ2) is 7.45. The van der Waals surface area contributed by atoms with E-state index < -0.39 is 17.8 Å². The van der Waals surface area contributed by atoms with Gasteiger partial charge in [-0.05, 0) is 18.6 Å². The molecule has 1 unspecified atom stereocenters. The van der Waals surface area contributed by atoms with Crippen LogP contribution in [0.2, 0.25) is 0 Å². The Hall–Kier alpha value is -1.56. The molecule has 0 radical (unpaired) electrons. The van der Waals surface area contributed by atoms with Gasteiger partial charge in [-0.15, -0.1) is 0 Å². The molecule has 3 nitrogen and oxygen atoms in total. The molecule has 0 heterocycles. The van der Waals surface area contributed by atoms with Crippen LogP contribution in [0, 0.1) is 5.92 Å². The Morgan fingerprint density at radius 2 is 1.76 bits per heavy atom. The molecule has 0 bridgehead atoms. The Kier molecular flexibility index (Phi) is 6.20. The summed E-state index contributed by atoms with van der Waals surface area (Å²) >= 11 is 0. The minimum Gasteiger partial charge on any atom is -0.355 e. The van der Waals surface area contributed by atoms with E-state index in [4.69, 9.17) is 0 Å². The van der Waals surface area contributed by atoms with Crippen molar-refractivity contribution in [2.45, 2.75) is 33.0 Å². The Labute approximate surface area is 122 Å². The number of carbonyl (C=O) groups excluding carboxylic acids is 1. The van der Waals surface area contributed by atoms with Crippen molar-refractivity contribution in [3.63, 3.8) is 0 Å². The Morgan fingerprint density at radius 1 is 1.14 bits per heavy atom. The van der Waals surface area contributed by atoms with Crippen molar-refractivity contribution in [1.29, 1.82) is 0 Å². The predicted molar refractivity (Wildman–Crippen MR) is 75.7 cm³/mol. The predicted octanol–water partition coefficient (Wildman–Crippen LogP) is 3.13. The highest BCUT2D eigenvalue weighted by Gasteiger charge is 2.33. The zero-order valence-corrected chi connectivity index (χ0v) is 12.4. The number of amides is 1. The van der Waals surface area contributed by atoms with Gasteiger partial charge in [0.15, 0.2) is 0 Å². The molecule has 1 atom stereocenters. The summed E-state index contributed by atoms with van der Waals surface area (Å²) in [6, 6.07) is 5.06. The Bertz CT molecular complexity index is 472. The third-order valence-corrected chi connectivity index (χ3v) is 3.13. The smallest absolute Gasteiger partial charge is 0.355 e. The maximum Gasteiger partial charge on any atom is 0.416 e. The van der Waals surface area contributed by atoms with Crippen LogP contribution in [-0.4, -0.2) is 19.0 Å². The van der Waals surface area contributed by atoms with Crippen molar-refractivity contribution in [3.8, 4) is 0 Å². The lowest BCUT2D eigenvalue weighted by atomic mass is 10.0. The van der Waals surface area contributed by atoms with Crippen LogP contribution in [-0.2, 0) is 11.0 Å². The molecule has 0 spiro atoms. The summed E-state index contributed by atoms with van der Waals surface area (Å²) in [5.74, 6) is -0.173. The molecule has 118 valence electrons. The molecule has 21 heavy (non-hydrogen) atoms. The maximum absolute atomic E-state index is 12.9. The van der Waals surface area contributed by atoms with E-state index in [0.29, 0.717) is 13.1 Å². The fourth-order valence-electron chi connectivity index (χ4n) is 1.92. The first kappa shape index (κ1) is 17.5. The third-order valence-electron chi connectivity index (χ3n) is 3.13. The van der Waals surface area contributed by atoms with E-state index in [1.165, 1.54) is 12.1 Å². The van der Waals surface area contributed by atoms with Crippen molar-refractivity contribution in [3.05, 3.63) is 35.4 Å². The molecular weight excluding hydrogens is 281 g/mol. The van der Waals surface area contributed by atoms with E-state index in [1.807, 2.05) is 0 Å². The van der Waals surface area contributed by atoms with Crippen molar-refractivity contribution in [2.75, 3.05) is 13.1 Å². The molecule has 1 rings (SSSR count). The zero-order valence-electron chi connectivity index (χ0n) is 12.4. The van der Waals surface area contributed by atoms with E-state index in [2.05, 4.69) is 10.6 Å². The van der Waals surface area contributed by atoms with Gasteiger partial charge in [0.2, 0.25) is 5.91 Å². The lowest BCUT2D eigenvalue weighted by Gasteiger charge is -2.19. The van der Waals surface area contributed by atoms with E-state index in [-0.39, 0.29) is 17.4 Å². The summed E-state index contributed by atoms with van der Waals surface area (Å²) in [5, 5.41) is 5.70. The fraction of sp³-hybridized carbons (Fsp3) is 0.533. The van der Waals surface area contributed by atoms with Crippen LogP contribution in [0.4, 0.5) is 13.2 Å². The molecule has 0 aliphatic rings. The number of hydrogen-bond donors (Lipinski definition) is 2. The molecule has 0 fully saturated rings. The molecule has 2 N–H and O–H groups in total. The summed E-state index contributed by atoms with van der Waals surface area (Å²) in [6.07, 6.45) is -4.36. The number of nitrogens with one attached hydrogen (secondary N) is 2. The molecule has 1 aromatic carbocycles. The zero-order chi connectivity index (χ0) is 16.0. The standard InChI is InChI=1S/C15H21F3N2O/c1-10(2)14(21)20-9-8-19-11(3)12-6-4-5-7-13(12)15(16,17)18/h4-7,10-11,19H,8-9H2,1-3H3,(H,20,21). The Balaban J connectivity index is 2.57. The monoisotopic (exact) mass is 302 g/mol. The van der Waals surface area contributed by atoms with Gasteiger partial charge in [-0.1, -0.05) is 32.0 Å². The minimum atomic E-state index is -4.36. The Morgan fingerprint density at radius 3 is 2.33 bits per heavy atom. The highest BCUT2D eigenvalue weighted by Crippen LogP contribution is 2.34. The first-order chi connectivity index (χ1) is 9.73. The molecule has 1 amide bonds. The first-order valence-electron chi connectivity index (χ1n) is 6.90.